The third-order valence-corrected chi connectivity index (χ3v) is 5.28. The van der Waals surface area contributed by atoms with Crippen LogP contribution < -0.4 is 4.72 Å². The fraction of sp³-hybridized carbons (Fsp3) is 0.188. The van der Waals surface area contributed by atoms with Crippen molar-refractivity contribution in [2.24, 2.45) is 0 Å². The van der Waals surface area contributed by atoms with Gasteiger partial charge in [-0.3, -0.25) is 4.72 Å². The number of aromatic nitrogens is 2. The Bertz CT molecular complexity index is 959. The standard InChI is InChI=1S/C16H17N3O2S/c1-11-7-4-5-9-15(11)22(20,21)18-14-8-6-10-19-13(3)12(2)17-16(14)19/h4-10,18H,1-3H3. The lowest BCUT2D eigenvalue weighted by molar-refractivity contribution is 0.600. The minimum absolute atomic E-state index is 0.275. The highest BCUT2D eigenvalue weighted by Crippen LogP contribution is 2.23. The van der Waals surface area contributed by atoms with Crippen LogP contribution >= 0.6 is 0 Å². The van der Waals surface area contributed by atoms with Crippen molar-refractivity contribution in [2.45, 2.75) is 25.7 Å². The van der Waals surface area contributed by atoms with Gasteiger partial charge in [0.1, 0.15) is 0 Å². The van der Waals surface area contributed by atoms with E-state index in [-0.39, 0.29) is 4.90 Å². The van der Waals surface area contributed by atoms with Crippen molar-refractivity contribution in [3.8, 4) is 0 Å². The van der Waals surface area contributed by atoms with Gasteiger partial charge in [0.2, 0.25) is 0 Å². The molecule has 3 aromatic rings. The van der Waals surface area contributed by atoms with E-state index in [0.717, 1.165) is 11.4 Å². The Balaban J connectivity index is 2.11. The molecule has 0 saturated heterocycles. The monoisotopic (exact) mass is 315 g/mol. The highest BCUT2D eigenvalue weighted by Gasteiger charge is 2.18. The van der Waals surface area contributed by atoms with E-state index in [1.54, 1.807) is 37.3 Å². The van der Waals surface area contributed by atoms with Gasteiger partial charge in [0, 0.05) is 11.9 Å². The number of sulfonamides is 1. The lowest BCUT2D eigenvalue weighted by Gasteiger charge is -2.11. The molecule has 3 rings (SSSR count). The summed E-state index contributed by atoms with van der Waals surface area (Å²) in [5.41, 5.74) is 3.66. The number of imidazole rings is 1. The maximum Gasteiger partial charge on any atom is 0.262 e. The van der Waals surface area contributed by atoms with Crippen LogP contribution in [-0.4, -0.2) is 17.8 Å². The number of benzene rings is 1. The maximum atomic E-state index is 12.6. The normalized spacial score (nSPS) is 11.8. The van der Waals surface area contributed by atoms with Crippen LogP contribution in [0, 0.1) is 20.8 Å². The van der Waals surface area contributed by atoms with E-state index in [4.69, 9.17) is 0 Å². The second kappa shape index (κ2) is 5.14. The van der Waals surface area contributed by atoms with Gasteiger partial charge in [-0.2, -0.15) is 0 Å². The van der Waals surface area contributed by atoms with Gasteiger partial charge >= 0.3 is 0 Å². The third kappa shape index (κ3) is 2.35. The average molecular weight is 315 g/mol. The molecule has 2 aromatic heterocycles. The zero-order valence-electron chi connectivity index (χ0n) is 12.7. The van der Waals surface area contributed by atoms with Crippen molar-refractivity contribution in [3.63, 3.8) is 0 Å². The summed E-state index contributed by atoms with van der Waals surface area (Å²) in [4.78, 5) is 4.72. The van der Waals surface area contributed by atoms with E-state index < -0.39 is 10.0 Å². The first-order chi connectivity index (χ1) is 10.4. The quantitative estimate of drug-likeness (QED) is 0.808. The molecule has 114 valence electrons. The molecular weight excluding hydrogens is 298 g/mol. The molecule has 0 aliphatic rings. The molecule has 0 unspecified atom stereocenters. The summed E-state index contributed by atoms with van der Waals surface area (Å²) in [6.45, 7) is 5.63. The van der Waals surface area contributed by atoms with Crippen molar-refractivity contribution in [1.29, 1.82) is 0 Å². The van der Waals surface area contributed by atoms with Crippen molar-refractivity contribution in [2.75, 3.05) is 4.72 Å². The van der Waals surface area contributed by atoms with Gasteiger partial charge < -0.3 is 4.40 Å². The van der Waals surface area contributed by atoms with Gasteiger partial charge in [-0.25, -0.2) is 13.4 Å². The van der Waals surface area contributed by atoms with E-state index in [0.29, 0.717) is 16.9 Å². The SMILES string of the molecule is Cc1ccccc1S(=O)(=O)Nc1cccn2c(C)c(C)nc12. The molecule has 0 amide bonds. The average Bonchev–Trinajstić information content (AvgIpc) is 2.76. The van der Waals surface area contributed by atoms with Crippen LogP contribution in [0.5, 0.6) is 0 Å². The Morgan fingerprint density at radius 1 is 1.05 bits per heavy atom. The number of anilines is 1. The van der Waals surface area contributed by atoms with E-state index in [2.05, 4.69) is 9.71 Å². The van der Waals surface area contributed by atoms with Gasteiger partial charge in [0.15, 0.2) is 5.65 Å². The van der Waals surface area contributed by atoms with Gasteiger partial charge in [-0.15, -0.1) is 0 Å². The fourth-order valence-corrected chi connectivity index (χ4v) is 3.74. The predicted molar refractivity (Wildman–Crippen MR) is 86.7 cm³/mol. The second-order valence-corrected chi connectivity index (χ2v) is 6.92. The summed E-state index contributed by atoms with van der Waals surface area (Å²) in [6.07, 6.45) is 1.87. The topological polar surface area (TPSA) is 63.5 Å². The molecule has 1 N–H and O–H groups in total. The summed E-state index contributed by atoms with van der Waals surface area (Å²) in [7, 11) is -3.64. The summed E-state index contributed by atoms with van der Waals surface area (Å²) in [5.74, 6) is 0. The zero-order valence-corrected chi connectivity index (χ0v) is 13.5. The van der Waals surface area contributed by atoms with Crippen LogP contribution in [0.2, 0.25) is 0 Å². The van der Waals surface area contributed by atoms with Crippen LogP contribution in [0.4, 0.5) is 5.69 Å². The largest absolute Gasteiger partial charge is 0.302 e. The Labute approximate surface area is 129 Å². The number of hydrogen-bond acceptors (Lipinski definition) is 3. The maximum absolute atomic E-state index is 12.6. The fourth-order valence-electron chi connectivity index (χ4n) is 2.44. The van der Waals surface area contributed by atoms with Crippen LogP contribution in [0.3, 0.4) is 0 Å². The summed E-state index contributed by atoms with van der Waals surface area (Å²) in [5, 5.41) is 0. The predicted octanol–water partition coefficient (Wildman–Crippen LogP) is 3.06. The molecule has 0 atom stereocenters. The van der Waals surface area contributed by atoms with E-state index >= 15 is 0 Å². The first kappa shape index (κ1) is 14.6. The van der Waals surface area contributed by atoms with Crippen LogP contribution in [0.25, 0.3) is 5.65 Å². The minimum atomic E-state index is -3.64. The number of rotatable bonds is 3. The summed E-state index contributed by atoms with van der Waals surface area (Å²) < 4.78 is 29.7. The number of hydrogen-bond donors (Lipinski definition) is 1. The molecule has 0 fully saturated rings. The number of aryl methyl sites for hydroxylation is 3. The summed E-state index contributed by atoms with van der Waals surface area (Å²) in [6, 6.07) is 10.4. The van der Waals surface area contributed by atoms with Gasteiger partial charge in [-0.1, -0.05) is 18.2 Å². The molecule has 6 heteroatoms. The summed E-state index contributed by atoms with van der Waals surface area (Å²) >= 11 is 0. The van der Waals surface area contributed by atoms with Gasteiger partial charge in [0.05, 0.1) is 16.3 Å². The van der Waals surface area contributed by atoms with Crippen molar-refractivity contribution >= 4 is 21.4 Å². The lowest BCUT2D eigenvalue weighted by atomic mass is 10.2. The molecule has 2 heterocycles. The number of nitrogens with zero attached hydrogens (tertiary/aromatic N) is 2. The molecule has 0 aliphatic carbocycles. The Morgan fingerprint density at radius 2 is 1.77 bits per heavy atom. The molecule has 5 nitrogen and oxygen atoms in total. The number of pyridine rings is 1. The molecular formula is C16H17N3O2S. The first-order valence-electron chi connectivity index (χ1n) is 6.93. The second-order valence-electron chi connectivity index (χ2n) is 5.27. The van der Waals surface area contributed by atoms with E-state index in [1.807, 2.05) is 30.5 Å². The first-order valence-corrected chi connectivity index (χ1v) is 8.41. The van der Waals surface area contributed by atoms with Crippen LogP contribution in [-0.2, 0) is 10.0 Å². The minimum Gasteiger partial charge on any atom is -0.302 e. The molecule has 0 aliphatic heterocycles. The molecule has 0 spiro atoms. The zero-order chi connectivity index (χ0) is 15.9. The van der Waals surface area contributed by atoms with E-state index in [1.165, 1.54) is 0 Å². The highest BCUT2D eigenvalue weighted by atomic mass is 32.2. The van der Waals surface area contributed by atoms with Crippen molar-refractivity contribution in [1.82, 2.24) is 9.38 Å². The van der Waals surface area contributed by atoms with Gasteiger partial charge in [0.25, 0.3) is 10.0 Å². The molecule has 0 radical (unpaired) electrons. The molecule has 1 aromatic carbocycles. The number of nitrogens with one attached hydrogen (secondary N) is 1. The molecule has 0 saturated carbocycles. The molecule has 0 bridgehead atoms. The van der Waals surface area contributed by atoms with Crippen molar-refractivity contribution in [3.05, 3.63) is 59.5 Å². The van der Waals surface area contributed by atoms with E-state index in [9.17, 15) is 8.42 Å². The van der Waals surface area contributed by atoms with Crippen LogP contribution in [0.15, 0.2) is 47.5 Å². The van der Waals surface area contributed by atoms with Crippen LogP contribution in [0.1, 0.15) is 17.0 Å². The third-order valence-electron chi connectivity index (χ3n) is 3.75. The molecule has 22 heavy (non-hydrogen) atoms. The van der Waals surface area contributed by atoms with Gasteiger partial charge in [-0.05, 0) is 44.5 Å². The van der Waals surface area contributed by atoms with Crippen molar-refractivity contribution < 1.29 is 8.42 Å². The smallest absolute Gasteiger partial charge is 0.262 e. The Kier molecular flexibility index (Phi) is 3.41. The lowest BCUT2D eigenvalue weighted by Crippen LogP contribution is -2.15. The number of fused-ring (bicyclic) bond motifs is 1. The highest BCUT2D eigenvalue weighted by molar-refractivity contribution is 7.92. The Hall–Kier alpha value is -2.34. The Morgan fingerprint density at radius 3 is 2.50 bits per heavy atom.